The third-order valence-corrected chi connectivity index (χ3v) is 8.79. The second-order valence-electron chi connectivity index (χ2n) is 15.4. The summed E-state index contributed by atoms with van der Waals surface area (Å²) in [4.78, 5) is 0. The Bertz CT molecular complexity index is 915. The van der Waals surface area contributed by atoms with E-state index in [0.717, 1.165) is 6.42 Å². The van der Waals surface area contributed by atoms with Crippen molar-refractivity contribution in [1.29, 1.82) is 0 Å². The molecule has 0 amide bonds. The largest absolute Gasteiger partial charge is 0.394 e. The molecular weight excluding hydrogens is 744 g/mol. The lowest BCUT2D eigenvalue weighted by molar-refractivity contribution is -0.181. The SMILES string of the molecule is CCC(C)OC(COCC(O)CC(C)(CC)OC(COCC(O)COCC(O)CO)CC(C)(C)OC(COCC(O)CO)COCC(O)CO)COCC1CO1. The maximum absolute atomic E-state index is 11.1. The highest BCUT2D eigenvalue weighted by molar-refractivity contribution is 4.84. The molecule has 10 atom stereocenters. The van der Waals surface area contributed by atoms with Gasteiger partial charge in [-0.3, -0.25) is 0 Å². The lowest BCUT2D eigenvalue weighted by Gasteiger charge is -2.39. The van der Waals surface area contributed by atoms with Gasteiger partial charge in [0.25, 0.3) is 0 Å². The van der Waals surface area contributed by atoms with Crippen molar-refractivity contribution in [3.63, 3.8) is 0 Å². The number of aliphatic hydroxyl groups excluding tert-OH is 8. The predicted octanol–water partition coefficient (Wildman–Crippen LogP) is -1.05. The maximum Gasteiger partial charge on any atom is 0.105 e. The summed E-state index contributed by atoms with van der Waals surface area (Å²) in [6.07, 6.45) is -4.76. The van der Waals surface area contributed by atoms with Crippen molar-refractivity contribution in [3.8, 4) is 0 Å². The Hall–Kier alpha value is -0.720. The topological polar surface area (TPSA) is 257 Å². The van der Waals surface area contributed by atoms with Crippen molar-refractivity contribution < 1.29 is 88.2 Å². The summed E-state index contributed by atoms with van der Waals surface area (Å²) < 4.78 is 58.3. The molecule has 18 heteroatoms. The monoisotopic (exact) mass is 821 g/mol. The van der Waals surface area contributed by atoms with Crippen LogP contribution in [0.1, 0.15) is 67.2 Å². The summed E-state index contributed by atoms with van der Waals surface area (Å²) in [6.45, 7) is 11.2. The molecule has 1 heterocycles. The second-order valence-corrected chi connectivity index (χ2v) is 15.4. The first-order chi connectivity index (χ1) is 26.6. The molecule has 10 unspecified atom stereocenters. The number of aliphatic hydroxyl groups is 8. The minimum Gasteiger partial charge on any atom is -0.394 e. The van der Waals surface area contributed by atoms with E-state index in [1.165, 1.54) is 0 Å². The fourth-order valence-electron chi connectivity index (χ4n) is 5.47. The predicted molar refractivity (Wildman–Crippen MR) is 202 cm³/mol. The van der Waals surface area contributed by atoms with E-state index in [1.807, 2.05) is 41.5 Å². The van der Waals surface area contributed by atoms with Crippen molar-refractivity contribution in [2.45, 2.75) is 139 Å². The van der Waals surface area contributed by atoms with Crippen LogP contribution in [-0.4, -0.2) is 219 Å². The number of rotatable bonds is 39. The number of hydrogen-bond acceptors (Lipinski definition) is 18. The van der Waals surface area contributed by atoms with Crippen LogP contribution in [0.5, 0.6) is 0 Å². The van der Waals surface area contributed by atoms with Gasteiger partial charge in [0.15, 0.2) is 0 Å². The van der Waals surface area contributed by atoms with Crippen molar-refractivity contribution >= 4 is 0 Å². The van der Waals surface area contributed by atoms with Crippen LogP contribution in [0.3, 0.4) is 0 Å². The van der Waals surface area contributed by atoms with E-state index in [0.29, 0.717) is 26.2 Å². The standard InChI is InChI=1S/C38H76O18/c1-7-27(3)54-35(23-52-21-34-26-53-34)22-48-14-28(42)9-38(6,8-2)56-33(20-51-19-32(46)18-47-15-29(43)11-39)10-37(4,5)55-36(24-49-16-30(44)12-40)25-50-17-31(45)13-41/h27-36,39-46H,7-26H2,1-6H3. The average Bonchev–Trinajstić information content (AvgIpc) is 3.98. The van der Waals surface area contributed by atoms with Crippen LogP contribution in [0, 0.1) is 0 Å². The molecule has 18 nitrogen and oxygen atoms in total. The van der Waals surface area contributed by atoms with Crippen LogP contribution in [0.15, 0.2) is 0 Å². The smallest absolute Gasteiger partial charge is 0.105 e. The van der Waals surface area contributed by atoms with Crippen molar-refractivity contribution in [2.75, 3.05) is 106 Å². The first kappa shape index (κ1) is 53.3. The van der Waals surface area contributed by atoms with Crippen molar-refractivity contribution in [3.05, 3.63) is 0 Å². The summed E-state index contributed by atoms with van der Waals surface area (Å²) in [5, 5.41) is 77.8. The maximum atomic E-state index is 11.1. The fourth-order valence-corrected chi connectivity index (χ4v) is 5.47. The molecule has 0 bridgehead atoms. The zero-order valence-electron chi connectivity index (χ0n) is 34.6. The Morgan fingerprint density at radius 2 is 0.982 bits per heavy atom. The quantitative estimate of drug-likeness (QED) is 0.0344. The number of hydrogen-bond donors (Lipinski definition) is 8. The molecule has 0 saturated carbocycles. The van der Waals surface area contributed by atoms with E-state index in [-0.39, 0.29) is 97.2 Å². The number of epoxide rings is 1. The zero-order chi connectivity index (χ0) is 42.0. The minimum absolute atomic E-state index is 0.0138. The van der Waals surface area contributed by atoms with E-state index in [9.17, 15) is 25.5 Å². The van der Waals surface area contributed by atoms with Gasteiger partial charge in [-0.25, -0.2) is 0 Å². The fraction of sp³-hybridized carbons (Fsp3) is 1.00. The highest BCUT2D eigenvalue weighted by Gasteiger charge is 2.35. The van der Waals surface area contributed by atoms with Gasteiger partial charge in [-0.2, -0.15) is 0 Å². The van der Waals surface area contributed by atoms with Gasteiger partial charge >= 0.3 is 0 Å². The van der Waals surface area contributed by atoms with Crippen LogP contribution < -0.4 is 0 Å². The van der Waals surface area contributed by atoms with Crippen LogP contribution in [0.25, 0.3) is 0 Å². The molecule has 0 radical (unpaired) electrons. The highest BCUT2D eigenvalue weighted by Crippen LogP contribution is 2.29. The van der Waals surface area contributed by atoms with Gasteiger partial charge in [0.05, 0.1) is 135 Å². The first-order valence-electron chi connectivity index (χ1n) is 19.9. The summed E-state index contributed by atoms with van der Waals surface area (Å²) in [7, 11) is 0. The average molecular weight is 821 g/mol. The molecule has 1 aliphatic rings. The van der Waals surface area contributed by atoms with Gasteiger partial charge in [0.2, 0.25) is 0 Å². The molecule has 336 valence electrons. The van der Waals surface area contributed by atoms with Gasteiger partial charge in [0, 0.05) is 12.8 Å². The lowest BCUT2D eigenvalue weighted by atomic mass is 9.93. The molecule has 8 N–H and O–H groups in total. The van der Waals surface area contributed by atoms with Gasteiger partial charge in [-0.15, -0.1) is 0 Å². The van der Waals surface area contributed by atoms with E-state index in [4.69, 9.17) is 62.7 Å². The van der Waals surface area contributed by atoms with E-state index >= 15 is 0 Å². The zero-order valence-corrected chi connectivity index (χ0v) is 34.6. The molecule has 0 aromatic carbocycles. The molecule has 1 rings (SSSR count). The van der Waals surface area contributed by atoms with Crippen LogP contribution >= 0.6 is 0 Å². The van der Waals surface area contributed by atoms with Crippen LogP contribution in [0.4, 0.5) is 0 Å². The van der Waals surface area contributed by atoms with Gasteiger partial charge in [-0.1, -0.05) is 13.8 Å². The van der Waals surface area contributed by atoms with E-state index in [2.05, 4.69) is 0 Å². The Labute approximate surface area is 333 Å². The lowest BCUT2D eigenvalue weighted by Crippen LogP contribution is -2.45. The first-order valence-corrected chi connectivity index (χ1v) is 19.9. The second kappa shape index (κ2) is 30.3. The van der Waals surface area contributed by atoms with Crippen LogP contribution in [0.2, 0.25) is 0 Å². The van der Waals surface area contributed by atoms with Crippen molar-refractivity contribution in [2.24, 2.45) is 0 Å². The molecule has 1 fully saturated rings. The third kappa shape index (κ3) is 27.1. The molecule has 1 aliphatic heterocycles. The Morgan fingerprint density at radius 1 is 0.554 bits per heavy atom. The molecule has 0 spiro atoms. The Kier molecular flexibility index (Phi) is 28.9. The number of ether oxygens (including phenoxy) is 10. The molecule has 1 saturated heterocycles. The molecule has 0 aliphatic carbocycles. The van der Waals surface area contributed by atoms with Gasteiger partial charge in [-0.05, 0) is 40.5 Å². The third-order valence-electron chi connectivity index (χ3n) is 8.79. The van der Waals surface area contributed by atoms with Crippen molar-refractivity contribution in [1.82, 2.24) is 0 Å². The Balaban J connectivity index is 2.98. The van der Waals surface area contributed by atoms with E-state index in [1.54, 1.807) is 0 Å². The molecular formula is C38H76O18. The summed E-state index contributed by atoms with van der Waals surface area (Å²) in [5.41, 5.74) is -1.75. The summed E-state index contributed by atoms with van der Waals surface area (Å²) in [5.74, 6) is 0. The van der Waals surface area contributed by atoms with E-state index < -0.39 is 73.8 Å². The summed E-state index contributed by atoms with van der Waals surface area (Å²) in [6, 6.07) is 0. The highest BCUT2D eigenvalue weighted by atomic mass is 16.6. The normalized spacial score (nSPS) is 20.8. The van der Waals surface area contributed by atoms with Gasteiger partial charge in [0.1, 0.15) is 42.7 Å². The van der Waals surface area contributed by atoms with Gasteiger partial charge < -0.3 is 88.2 Å². The summed E-state index contributed by atoms with van der Waals surface area (Å²) >= 11 is 0. The Morgan fingerprint density at radius 3 is 1.45 bits per heavy atom. The van der Waals surface area contributed by atoms with Crippen LogP contribution in [-0.2, 0) is 47.4 Å². The minimum atomic E-state index is -1.08. The molecule has 56 heavy (non-hydrogen) atoms. The molecule has 0 aromatic rings. The molecule has 0 aromatic heterocycles.